The molecule has 3 aliphatic heterocycles. The first-order valence-electron chi connectivity index (χ1n) is 12.4. The molecule has 1 N–H and O–H groups in total. The zero-order valence-electron chi connectivity index (χ0n) is 20.2. The molecule has 0 spiro atoms. The summed E-state index contributed by atoms with van der Waals surface area (Å²) in [6.07, 6.45) is 2.83. The van der Waals surface area contributed by atoms with Gasteiger partial charge in [0.15, 0.2) is 0 Å². The fourth-order valence-electron chi connectivity index (χ4n) is 5.67. The van der Waals surface area contributed by atoms with Gasteiger partial charge in [-0.25, -0.2) is 0 Å². The number of nitrogens with one attached hydrogen (secondary N) is 1. The van der Waals surface area contributed by atoms with Gasteiger partial charge in [-0.3, -0.25) is 4.90 Å². The molecule has 0 amide bonds. The third kappa shape index (κ3) is 4.46. The van der Waals surface area contributed by atoms with Gasteiger partial charge in [0.25, 0.3) is 0 Å². The summed E-state index contributed by atoms with van der Waals surface area (Å²) in [5, 5.41) is 3.90. The molecule has 0 saturated carbocycles. The second kappa shape index (κ2) is 8.81. The largest absolute Gasteiger partial charge is 0.378 e. The van der Waals surface area contributed by atoms with E-state index in [1.165, 1.54) is 28.8 Å². The van der Waals surface area contributed by atoms with E-state index in [4.69, 9.17) is 4.74 Å². The van der Waals surface area contributed by atoms with Crippen molar-refractivity contribution < 1.29 is 4.74 Å². The maximum Gasteiger partial charge on any atom is 0.0900 e. The van der Waals surface area contributed by atoms with Crippen LogP contribution in [0.3, 0.4) is 0 Å². The van der Waals surface area contributed by atoms with Crippen LogP contribution in [0.25, 0.3) is 0 Å². The number of nitrogens with zero attached hydrogens (tertiary/aromatic N) is 2. The topological polar surface area (TPSA) is 27.7 Å². The maximum atomic E-state index is 6.97. The van der Waals surface area contributed by atoms with Crippen molar-refractivity contribution in [2.75, 3.05) is 45.1 Å². The minimum atomic E-state index is 0.134. The molecule has 2 fully saturated rings. The summed E-state index contributed by atoms with van der Waals surface area (Å²) < 4.78 is 6.97. The maximum absolute atomic E-state index is 6.97. The number of ether oxygens (including phenoxy) is 1. The smallest absolute Gasteiger partial charge is 0.0900 e. The quantitative estimate of drug-likeness (QED) is 0.717. The van der Waals surface area contributed by atoms with Gasteiger partial charge >= 0.3 is 0 Å². The van der Waals surface area contributed by atoms with Crippen molar-refractivity contribution in [1.82, 2.24) is 9.80 Å². The molecular weight excluding hydrogens is 394 g/mol. The lowest BCUT2D eigenvalue weighted by Crippen LogP contribution is -2.49. The highest BCUT2D eigenvalue weighted by Crippen LogP contribution is 2.51. The molecule has 4 atom stereocenters. The Kier molecular flexibility index (Phi) is 6.04. The normalized spacial score (nSPS) is 29.1. The zero-order chi connectivity index (χ0) is 22.3. The van der Waals surface area contributed by atoms with E-state index in [1.807, 2.05) is 0 Å². The SMILES string of the molecule is CN1CCN(C[C@@H]2CC[C@H]3[C@@H](c4ccccc4)Nc4ccc(C(C)(C)C)cc4[C@H]3O2)CC1. The van der Waals surface area contributed by atoms with E-state index in [0.29, 0.717) is 18.1 Å². The number of fused-ring (bicyclic) bond motifs is 3. The highest BCUT2D eigenvalue weighted by atomic mass is 16.5. The van der Waals surface area contributed by atoms with Crippen LogP contribution in [0, 0.1) is 5.92 Å². The molecule has 2 saturated heterocycles. The number of likely N-dealkylation sites (N-methyl/N-ethyl adjacent to an activating group) is 1. The Balaban J connectivity index is 1.43. The van der Waals surface area contributed by atoms with Crippen molar-refractivity contribution >= 4 is 5.69 Å². The summed E-state index contributed by atoms with van der Waals surface area (Å²) in [6.45, 7) is 12.6. The van der Waals surface area contributed by atoms with Crippen molar-refractivity contribution in [1.29, 1.82) is 0 Å². The summed E-state index contributed by atoms with van der Waals surface area (Å²) >= 11 is 0. The Bertz CT molecular complexity index is 914. The molecule has 5 rings (SSSR count). The van der Waals surface area contributed by atoms with Crippen LogP contribution in [0.2, 0.25) is 0 Å². The molecule has 0 aromatic heterocycles. The van der Waals surface area contributed by atoms with Crippen molar-refractivity contribution in [3.05, 3.63) is 65.2 Å². The molecule has 4 nitrogen and oxygen atoms in total. The van der Waals surface area contributed by atoms with Crippen molar-refractivity contribution in [3.8, 4) is 0 Å². The first-order valence-corrected chi connectivity index (χ1v) is 12.4. The van der Waals surface area contributed by atoms with Crippen LogP contribution in [-0.4, -0.2) is 55.7 Å². The molecule has 0 radical (unpaired) electrons. The number of hydrogen-bond acceptors (Lipinski definition) is 4. The molecule has 2 aromatic carbocycles. The fourth-order valence-corrected chi connectivity index (χ4v) is 5.67. The van der Waals surface area contributed by atoms with Gasteiger partial charge in [-0.15, -0.1) is 0 Å². The minimum absolute atomic E-state index is 0.134. The lowest BCUT2D eigenvalue weighted by molar-refractivity contribution is -0.105. The Labute approximate surface area is 193 Å². The summed E-state index contributed by atoms with van der Waals surface area (Å²) in [5.74, 6) is 0.462. The molecule has 4 heteroatoms. The standard InChI is InChI=1S/C28H39N3O/c1-28(2,3)21-10-13-25-24(18-21)27-23(26(29-25)20-8-6-5-7-9-20)12-11-22(32-27)19-31-16-14-30(4)15-17-31/h5-10,13,18,22-23,26-27,29H,11-12,14-17,19H2,1-4H3/t22-,23-,26+,27-/m0/s1. The fraction of sp³-hybridized carbons (Fsp3) is 0.571. The Morgan fingerprint density at radius 3 is 2.44 bits per heavy atom. The molecule has 2 aromatic rings. The van der Waals surface area contributed by atoms with E-state index in [0.717, 1.165) is 39.1 Å². The molecular formula is C28H39N3O. The van der Waals surface area contributed by atoms with Gasteiger partial charge in [-0.05, 0) is 42.5 Å². The lowest BCUT2D eigenvalue weighted by Gasteiger charge is -2.47. The Hall–Kier alpha value is -1.88. The summed E-state index contributed by atoms with van der Waals surface area (Å²) in [5.41, 5.74) is 5.49. The predicted molar refractivity (Wildman–Crippen MR) is 132 cm³/mol. The first kappa shape index (κ1) is 21.9. The van der Waals surface area contributed by atoms with E-state index in [-0.39, 0.29) is 11.5 Å². The van der Waals surface area contributed by atoms with E-state index >= 15 is 0 Å². The zero-order valence-corrected chi connectivity index (χ0v) is 20.2. The monoisotopic (exact) mass is 433 g/mol. The van der Waals surface area contributed by atoms with Crippen LogP contribution in [0.15, 0.2) is 48.5 Å². The van der Waals surface area contributed by atoms with Crippen LogP contribution in [0.4, 0.5) is 5.69 Å². The molecule has 3 aliphatic rings. The van der Waals surface area contributed by atoms with Gasteiger partial charge in [0.1, 0.15) is 0 Å². The third-order valence-corrected chi connectivity index (χ3v) is 7.73. The van der Waals surface area contributed by atoms with Gasteiger partial charge in [0, 0.05) is 49.9 Å². The first-order chi connectivity index (χ1) is 15.4. The molecule has 0 aliphatic carbocycles. The van der Waals surface area contributed by atoms with E-state index in [2.05, 4.69) is 91.5 Å². The van der Waals surface area contributed by atoms with Crippen LogP contribution in [0.1, 0.15) is 62.4 Å². The second-order valence-corrected chi connectivity index (χ2v) is 11.1. The predicted octanol–water partition coefficient (Wildman–Crippen LogP) is 5.23. The van der Waals surface area contributed by atoms with Crippen LogP contribution in [0.5, 0.6) is 0 Å². The number of piperazine rings is 1. The van der Waals surface area contributed by atoms with Crippen LogP contribution < -0.4 is 5.32 Å². The average molecular weight is 434 g/mol. The van der Waals surface area contributed by atoms with Crippen LogP contribution in [-0.2, 0) is 10.2 Å². The van der Waals surface area contributed by atoms with Crippen molar-refractivity contribution in [3.63, 3.8) is 0 Å². The number of anilines is 1. The van der Waals surface area contributed by atoms with E-state index in [1.54, 1.807) is 0 Å². The minimum Gasteiger partial charge on any atom is -0.378 e. The number of benzene rings is 2. The second-order valence-electron chi connectivity index (χ2n) is 11.1. The van der Waals surface area contributed by atoms with Crippen LogP contribution >= 0.6 is 0 Å². The Morgan fingerprint density at radius 1 is 0.969 bits per heavy atom. The summed E-state index contributed by atoms with van der Waals surface area (Å²) in [7, 11) is 2.22. The van der Waals surface area contributed by atoms with Gasteiger partial charge in [-0.2, -0.15) is 0 Å². The highest BCUT2D eigenvalue weighted by Gasteiger charge is 2.43. The molecule has 32 heavy (non-hydrogen) atoms. The molecule has 0 unspecified atom stereocenters. The summed E-state index contributed by atoms with van der Waals surface area (Å²) in [4.78, 5) is 5.03. The van der Waals surface area contributed by atoms with E-state index in [9.17, 15) is 0 Å². The van der Waals surface area contributed by atoms with Gasteiger partial charge in [-0.1, -0.05) is 63.2 Å². The number of hydrogen-bond donors (Lipinski definition) is 1. The Morgan fingerprint density at radius 2 is 1.72 bits per heavy atom. The van der Waals surface area contributed by atoms with Gasteiger partial charge < -0.3 is 15.0 Å². The molecule has 0 bridgehead atoms. The third-order valence-electron chi connectivity index (χ3n) is 7.73. The van der Waals surface area contributed by atoms with Crippen molar-refractivity contribution in [2.45, 2.75) is 57.3 Å². The molecule has 3 heterocycles. The van der Waals surface area contributed by atoms with Gasteiger partial charge in [0.05, 0.1) is 18.2 Å². The van der Waals surface area contributed by atoms with E-state index < -0.39 is 0 Å². The average Bonchev–Trinajstić information content (AvgIpc) is 2.79. The lowest BCUT2D eigenvalue weighted by atomic mass is 9.75. The number of rotatable bonds is 3. The summed E-state index contributed by atoms with van der Waals surface area (Å²) in [6, 6.07) is 18.2. The van der Waals surface area contributed by atoms with Gasteiger partial charge in [0.2, 0.25) is 0 Å². The highest BCUT2D eigenvalue weighted by molar-refractivity contribution is 5.59. The van der Waals surface area contributed by atoms with Crippen molar-refractivity contribution in [2.24, 2.45) is 5.92 Å². The molecule has 172 valence electrons.